The monoisotopic (exact) mass is 637 g/mol. The number of rotatable bonds is 6. The highest BCUT2D eigenvalue weighted by molar-refractivity contribution is 7.70. The summed E-state index contributed by atoms with van der Waals surface area (Å²) in [5, 5.41) is 5.46. The van der Waals surface area contributed by atoms with Crippen LogP contribution in [0.3, 0.4) is 0 Å². The topological polar surface area (TPSA) is 55.7 Å². The fourth-order valence-corrected chi connectivity index (χ4v) is 7.33. The zero-order valence-corrected chi connectivity index (χ0v) is 27.6. The van der Waals surface area contributed by atoms with Crippen LogP contribution >= 0.6 is 7.14 Å². The van der Waals surface area contributed by atoms with Crippen molar-refractivity contribution in [1.29, 1.82) is 0 Å². The third-order valence-electron chi connectivity index (χ3n) is 8.82. The smallest absolute Gasteiger partial charge is 0.164 e. The molecule has 0 aliphatic heterocycles. The van der Waals surface area contributed by atoms with Crippen LogP contribution < -0.4 is 5.30 Å². The molecule has 8 rings (SSSR count). The summed E-state index contributed by atoms with van der Waals surface area (Å²) in [7, 11) is -2.42. The van der Waals surface area contributed by atoms with Gasteiger partial charge in [0.05, 0.1) is 0 Å². The Morgan fingerprint density at radius 3 is 1.31 bits per heavy atom. The van der Waals surface area contributed by atoms with Crippen molar-refractivity contribution in [3.05, 3.63) is 158 Å². The van der Waals surface area contributed by atoms with Gasteiger partial charge in [-0.2, -0.15) is 0 Å². The first-order valence-electron chi connectivity index (χ1n) is 16.0. The summed E-state index contributed by atoms with van der Waals surface area (Å²) < 4.78 is 13.0. The SMILES string of the molecule is CP(C)(=O)c1ccc(-c2c(-c3ccccc3)c3ccccc3c3ccc(-c4nc(-c5ccccc5)nc(-c5ccccc5)n4)cc23)cc1. The maximum Gasteiger partial charge on any atom is 0.164 e. The van der Waals surface area contributed by atoms with E-state index in [9.17, 15) is 4.57 Å². The molecule has 0 saturated heterocycles. The normalized spacial score (nSPS) is 11.6. The van der Waals surface area contributed by atoms with Crippen LogP contribution in [-0.4, -0.2) is 28.3 Å². The molecular formula is C43H32N3OP. The van der Waals surface area contributed by atoms with Gasteiger partial charge >= 0.3 is 0 Å². The van der Waals surface area contributed by atoms with Crippen LogP contribution in [0, 0.1) is 0 Å². The first-order chi connectivity index (χ1) is 23.4. The van der Waals surface area contributed by atoms with E-state index in [0.717, 1.165) is 55.0 Å². The van der Waals surface area contributed by atoms with Crippen molar-refractivity contribution in [2.45, 2.75) is 0 Å². The minimum absolute atomic E-state index is 0.609. The highest BCUT2D eigenvalue weighted by Gasteiger charge is 2.20. The lowest BCUT2D eigenvalue weighted by molar-refractivity contribution is 0.588. The third-order valence-corrected chi connectivity index (χ3v) is 10.4. The largest absolute Gasteiger partial charge is 0.319 e. The molecule has 0 spiro atoms. The molecule has 0 aliphatic rings. The molecule has 0 atom stereocenters. The van der Waals surface area contributed by atoms with E-state index in [1.165, 1.54) is 10.8 Å². The summed E-state index contributed by atoms with van der Waals surface area (Å²) >= 11 is 0. The maximum absolute atomic E-state index is 13.0. The molecule has 5 heteroatoms. The van der Waals surface area contributed by atoms with Gasteiger partial charge in [0.25, 0.3) is 0 Å². The minimum atomic E-state index is -2.42. The summed E-state index contributed by atoms with van der Waals surface area (Å²) in [5.41, 5.74) is 7.23. The van der Waals surface area contributed by atoms with Crippen LogP contribution in [0.5, 0.6) is 0 Å². The van der Waals surface area contributed by atoms with Crippen molar-refractivity contribution in [1.82, 2.24) is 15.0 Å². The molecule has 0 N–H and O–H groups in total. The van der Waals surface area contributed by atoms with E-state index in [-0.39, 0.29) is 0 Å². The summed E-state index contributed by atoms with van der Waals surface area (Å²) in [5.74, 6) is 1.86. The lowest BCUT2D eigenvalue weighted by atomic mass is 9.84. The average Bonchev–Trinajstić information content (AvgIpc) is 3.14. The fourth-order valence-electron chi connectivity index (χ4n) is 6.46. The molecule has 0 fully saturated rings. The second kappa shape index (κ2) is 12.2. The molecule has 230 valence electrons. The van der Waals surface area contributed by atoms with E-state index in [1.54, 1.807) is 0 Å². The van der Waals surface area contributed by atoms with Crippen molar-refractivity contribution in [2.24, 2.45) is 0 Å². The molecule has 0 aliphatic carbocycles. The van der Waals surface area contributed by atoms with Gasteiger partial charge < -0.3 is 4.57 Å². The van der Waals surface area contributed by atoms with Crippen LogP contribution in [0.15, 0.2) is 158 Å². The van der Waals surface area contributed by atoms with Crippen LogP contribution in [0.25, 0.3) is 78.0 Å². The minimum Gasteiger partial charge on any atom is -0.319 e. The second-order valence-corrected chi connectivity index (χ2v) is 15.6. The van der Waals surface area contributed by atoms with Crippen molar-refractivity contribution in [2.75, 3.05) is 13.3 Å². The number of fused-ring (bicyclic) bond motifs is 3. The molecule has 0 radical (unpaired) electrons. The molecule has 48 heavy (non-hydrogen) atoms. The number of aromatic nitrogens is 3. The molecule has 0 saturated carbocycles. The van der Waals surface area contributed by atoms with Crippen LogP contribution in [0.2, 0.25) is 0 Å². The summed E-state index contributed by atoms with van der Waals surface area (Å²) in [6.45, 7) is 3.63. The van der Waals surface area contributed by atoms with Crippen LogP contribution in [0.4, 0.5) is 0 Å². The number of hydrogen-bond donors (Lipinski definition) is 0. The Bertz CT molecular complexity index is 2420. The highest BCUT2D eigenvalue weighted by atomic mass is 31.2. The van der Waals surface area contributed by atoms with Crippen molar-refractivity contribution in [3.63, 3.8) is 0 Å². The third kappa shape index (κ3) is 5.51. The maximum atomic E-state index is 13.0. The Kier molecular flexibility index (Phi) is 7.51. The predicted octanol–water partition coefficient (Wildman–Crippen LogP) is 10.8. The van der Waals surface area contributed by atoms with E-state index in [0.29, 0.717) is 17.5 Å². The molecule has 1 heterocycles. The Morgan fingerprint density at radius 1 is 0.375 bits per heavy atom. The molecule has 0 amide bonds. The lowest BCUT2D eigenvalue weighted by Gasteiger charge is -2.20. The van der Waals surface area contributed by atoms with Gasteiger partial charge in [-0.1, -0.05) is 152 Å². The van der Waals surface area contributed by atoms with Gasteiger partial charge in [-0.15, -0.1) is 0 Å². The van der Waals surface area contributed by atoms with Crippen molar-refractivity contribution >= 4 is 34.0 Å². The molecule has 4 nitrogen and oxygen atoms in total. The van der Waals surface area contributed by atoms with Gasteiger partial charge in [-0.3, -0.25) is 0 Å². The molecule has 0 unspecified atom stereocenters. The Hall–Kier alpha value is -5.70. The summed E-state index contributed by atoms with van der Waals surface area (Å²) in [6, 6.07) is 54.1. The predicted molar refractivity (Wildman–Crippen MR) is 201 cm³/mol. The first-order valence-corrected chi connectivity index (χ1v) is 18.6. The van der Waals surface area contributed by atoms with Crippen molar-refractivity contribution < 1.29 is 4.57 Å². The molecular weight excluding hydrogens is 605 g/mol. The summed E-state index contributed by atoms with van der Waals surface area (Å²) in [4.78, 5) is 15.0. The lowest BCUT2D eigenvalue weighted by Crippen LogP contribution is -2.02. The van der Waals surface area contributed by atoms with E-state index < -0.39 is 7.14 Å². The number of hydrogen-bond acceptors (Lipinski definition) is 4. The molecule has 8 aromatic rings. The molecule has 1 aromatic heterocycles. The van der Waals surface area contributed by atoms with Crippen LogP contribution in [-0.2, 0) is 4.57 Å². The van der Waals surface area contributed by atoms with Crippen LogP contribution in [0.1, 0.15) is 0 Å². The van der Waals surface area contributed by atoms with E-state index in [4.69, 9.17) is 15.0 Å². The quantitative estimate of drug-likeness (QED) is 0.134. The average molecular weight is 638 g/mol. The van der Waals surface area contributed by atoms with E-state index in [2.05, 4.69) is 84.9 Å². The van der Waals surface area contributed by atoms with Crippen molar-refractivity contribution in [3.8, 4) is 56.4 Å². The summed E-state index contributed by atoms with van der Waals surface area (Å²) in [6.07, 6.45) is 0. The molecule has 7 aromatic carbocycles. The van der Waals surface area contributed by atoms with Gasteiger partial charge in [0.15, 0.2) is 17.5 Å². The van der Waals surface area contributed by atoms with E-state index in [1.807, 2.05) is 86.1 Å². The Morgan fingerprint density at radius 2 is 0.771 bits per heavy atom. The van der Waals surface area contributed by atoms with Gasteiger partial charge in [0.1, 0.15) is 7.14 Å². The standard InChI is InChI=1S/C43H32N3OP/c1-48(2,47)34-25-22-30(23-26-34)40-38-28-33(24-27-36(38)35-20-12-13-21-37(35)39(40)29-14-6-3-7-15-29)43-45-41(31-16-8-4-9-17-31)44-42(46-43)32-18-10-5-11-19-32/h3-28H,1-2H3. The molecule has 0 bridgehead atoms. The zero-order valence-electron chi connectivity index (χ0n) is 26.7. The Labute approximate surface area is 280 Å². The Balaban J connectivity index is 1.44. The second-order valence-electron chi connectivity index (χ2n) is 12.4. The first kappa shape index (κ1) is 29.7. The fraction of sp³-hybridized carbons (Fsp3) is 0.0465. The van der Waals surface area contributed by atoms with E-state index >= 15 is 0 Å². The van der Waals surface area contributed by atoms with Gasteiger partial charge in [-0.25, -0.2) is 15.0 Å². The number of nitrogens with zero attached hydrogens (tertiary/aromatic N) is 3. The van der Waals surface area contributed by atoms with Gasteiger partial charge in [-0.05, 0) is 63.2 Å². The van der Waals surface area contributed by atoms with Gasteiger partial charge in [0, 0.05) is 22.0 Å². The van der Waals surface area contributed by atoms with Gasteiger partial charge in [0.2, 0.25) is 0 Å². The number of benzene rings is 7. The highest BCUT2D eigenvalue weighted by Crippen LogP contribution is 2.46. The zero-order chi connectivity index (χ0) is 32.7.